The Labute approximate surface area is 185 Å². The minimum absolute atomic E-state index is 0.0191. The summed E-state index contributed by atoms with van der Waals surface area (Å²) in [6.07, 6.45) is 0.362. The predicted molar refractivity (Wildman–Crippen MR) is 111 cm³/mol. The summed E-state index contributed by atoms with van der Waals surface area (Å²) < 4.78 is 46.7. The summed E-state index contributed by atoms with van der Waals surface area (Å²) in [5.41, 5.74) is 0.794. The number of alkyl halides is 3. The van der Waals surface area contributed by atoms with Gasteiger partial charge in [-0.3, -0.25) is 9.48 Å². The molecule has 172 valence electrons. The van der Waals surface area contributed by atoms with Crippen LogP contribution >= 0.6 is 0 Å². The van der Waals surface area contributed by atoms with Crippen molar-refractivity contribution in [1.29, 1.82) is 5.26 Å². The number of aromatic nitrogens is 5. The van der Waals surface area contributed by atoms with Gasteiger partial charge in [-0.1, -0.05) is 6.58 Å². The summed E-state index contributed by atoms with van der Waals surface area (Å²) in [4.78, 5) is 24.8. The van der Waals surface area contributed by atoms with E-state index in [0.717, 1.165) is 10.8 Å². The predicted octanol–water partition coefficient (Wildman–Crippen LogP) is 2.54. The molecule has 0 spiro atoms. The van der Waals surface area contributed by atoms with Gasteiger partial charge in [0, 0.05) is 18.9 Å². The van der Waals surface area contributed by atoms with Crippen molar-refractivity contribution in [3.63, 3.8) is 0 Å². The molecule has 1 saturated heterocycles. The molecular weight excluding hydrogens is 441 g/mol. The minimum Gasteiger partial charge on any atom is -0.469 e. The molecule has 4 rings (SSSR count). The maximum atomic E-state index is 14.6. The number of carbonyl (C=O) groups is 1. The van der Waals surface area contributed by atoms with Crippen LogP contribution in [0.5, 0.6) is 5.88 Å². The maximum absolute atomic E-state index is 14.6. The topological polar surface area (TPSA) is 125 Å². The number of nitriles is 1. The van der Waals surface area contributed by atoms with Crippen molar-refractivity contribution in [1.82, 2.24) is 29.6 Å². The van der Waals surface area contributed by atoms with Crippen molar-refractivity contribution in [2.75, 3.05) is 18.4 Å². The first-order valence-electron chi connectivity index (χ1n) is 9.97. The zero-order valence-corrected chi connectivity index (χ0v) is 17.2. The number of nitrogens with one attached hydrogen (secondary N) is 2. The molecule has 1 aliphatic heterocycles. The molecule has 4 heterocycles. The molecule has 2 N–H and O–H groups in total. The molecular formula is C20H19F3N8O2. The fourth-order valence-corrected chi connectivity index (χ4v) is 3.50. The van der Waals surface area contributed by atoms with Crippen LogP contribution in [0.3, 0.4) is 0 Å². The van der Waals surface area contributed by atoms with Crippen molar-refractivity contribution in [3.8, 4) is 11.9 Å². The van der Waals surface area contributed by atoms with Crippen LogP contribution in [0.25, 0.3) is 11.0 Å². The van der Waals surface area contributed by atoms with E-state index >= 15 is 0 Å². The van der Waals surface area contributed by atoms with Gasteiger partial charge >= 0.3 is 0 Å². The number of rotatable bonds is 7. The second-order valence-electron chi connectivity index (χ2n) is 7.31. The van der Waals surface area contributed by atoms with E-state index < -0.39 is 25.2 Å². The number of hydrogen-bond acceptors (Lipinski definition) is 7. The number of halogens is 3. The average molecular weight is 460 g/mol. The highest BCUT2D eigenvalue weighted by Gasteiger charge is 2.33. The second-order valence-corrected chi connectivity index (χ2v) is 7.31. The Morgan fingerprint density at radius 3 is 3.03 bits per heavy atom. The van der Waals surface area contributed by atoms with E-state index in [1.807, 2.05) is 6.07 Å². The number of hydrogen-bond donors (Lipinski definition) is 2. The lowest BCUT2D eigenvalue weighted by atomic mass is 10.1. The van der Waals surface area contributed by atoms with Crippen molar-refractivity contribution < 1.29 is 22.7 Å². The van der Waals surface area contributed by atoms with Crippen LogP contribution in [-0.2, 0) is 11.3 Å². The van der Waals surface area contributed by atoms with Crippen LogP contribution in [0.1, 0.15) is 12.0 Å². The SMILES string of the molecule is C=CC(=O)N1CC[C@H](F)[C@@H](Oc2nc(Nc3cnn(CC(F)F)c3)nc3[nH]cc(C#N)c23)C1. The van der Waals surface area contributed by atoms with Crippen molar-refractivity contribution in [3.05, 3.63) is 36.8 Å². The van der Waals surface area contributed by atoms with Gasteiger partial charge in [0.15, 0.2) is 0 Å². The van der Waals surface area contributed by atoms with Gasteiger partial charge in [0.25, 0.3) is 6.43 Å². The molecule has 0 unspecified atom stereocenters. The molecule has 1 amide bonds. The van der Waals surface area contributed by atoms with E-state index in [-0.39, 0.29) is 53.8 Å². The quantitative estimate of drug-likeness (QED) is 0.519. The number of anilines is 2. The lowest BCUT2D eigenvalue weighted by Crippen LogP contribution is -2.49. The fraction of sp³-hybridized carbons (Fsp3) is 0.350. The van der Waals surface area contributed by atoms with Gasteiger partial charge in [-0.05, 0) is 12.5 Å². The Bertz CT molecular complexity index is 1220. The highest BCUT2D eigenvalue weighted by molar-refractivity contribution is 5.89. The van der Waals surface area contributed by atoms with Gasteiger partial charge in [-0.15, -0.1) is 0 Å². The van der Waals surface area contributed by atoms with Crippen molar-refractivity contribution >= 4 is 28.6 Å². The lowest BCUT2D eigenvalue weighted by molar-refractivity contribution is -0.130. The molecule has 0 saturated carbocycles. The summed E-state index contributed by atoms with van der Waals surface area (Å²) in [7, 11) is 0. The van der Waals surface area contributed by atoms with Crippen LogP contribution in [0.15, 0.2) is 31.2 Å². The largest absolute Gasteiger partial charge is 0.469 e. The number of ether oxygens (including phenoxy) is 1. The van der Waals surface area contributed by atoms with Gasteiger partial charge < -0.3 is 19.9 Å². The Morgan fingerprint density at radius 1 is 1.48 bits per heavy atom. The van der Waals surface area contributed by atoms with E-state index in [4.69, 9.17) is 4.74 Å². The van der Waals surface area contributed by atoms with Crippen molar-refractivity contribution in [2.24, 2.45) is 0 Å². The number of piperidine rings is 1. The average Bonchev–Trinajstić information content (AvgIpc) is 3.40. The second kappa shape index (κ2) is 9.19. The minimum atomic E-state index is -2.56. The molecule has 0 bridgehead atoms. The molecule has 10 nitrogen and oxygen atoms in total. The summed E-state index contributed by atoms with van der Waals surface area (Å²) in [6, 6.07) is 2.00. The number of likely N-dealkylation sites (tertiary alicyclic amines) is 1. The van der Waals surface area contributed by atoms with Crippen molar-refractivity contribution in [2.45, 2.75) is 31.7 Å². The third-order valence-corrected chi connectivity index (χ3v) is 5.06. The number of fused-ring (bicyclic) bond motifs is 1. The Kier molecular flexibility index (Phi) is 6.16. The Balaban J connectivity index is 1.64. The van der Waals surface area contributed by atoms with Crippen LogP contribution in [0.4, 0.5) is 24.8 Å². The number of carbonyl (C=O) groups excluding carboxylic acids is 1. The van der Waals surface area contributed by atoms with Crippen LogP contribution < -0.4 is 10.1 Å². The molecule has 0 aliphatic carbocycles. The summed E-state index contributed by atoms with van der Waals surface area (Å²) >= 11 is 0. The maximum Gasteiger partial charge on any atom is 0.257 e. The first kappa shape index (κ1) is 22.1. The Morgan fingerprint density at radius 2 is 2.30 bits per heavy atom. The van der Waals surface area contributed by atoms with Gasteiger partial charge in [0.05, 0.1) is 29.4 Å². The Hall–Kier alpha value is -4.08. The van der Waals surface area contributed by atoms with Crippen LogP contribution in [0, 0.1) is 11.3 Å². The lowest BCUT2D eigenvalue weighted by Gasteiger charge is -2.34. The first-order chi connectivity index (χ1) is 15.9. The molecule has 3 aromatic heterocycles. The molecule has 3 aromatic rings. The van der Waals surface area contributed by atoms with Crippen LogP contribution in [-0.4, -0.2) is 67.3 Å². The smallest absolute Gasteiger partial charge is 0.257 e. The standard InChI is InChI=1S/C20H19F3N8O2/c1-2-16(32)30-4-3-13(21)14(9-30)33-19-17-11(5-24)6-25-18(17)28-20(29-19)27-12-7-26-31(8-12)10-15(22)23/h2,6-8,13-15H,1,3-4,9-10H2,(H2,25,27,28,29)/t13-,14-/m0/s1. The van der Waals surface area contributed by atoms with E-state index in [1.165, 1.54) is 23.5 Å². The molecule has 13 heteroatoms. The highest BCUT2D eigenvalue weighted by atomic mass is 19.3. The number of H-pyrrole nitrogens is 1. The van der Waals surface area contributed by atoms with E-state index in [1.54, 1.807) is 0 Å². The normalized spacial score (nSPS) is 18.3. The highest BCUT2D eigenvalue weighted by Crippen LogP contribution is 2.30. The molecule has 1 aliphatic rings. The molecule has 1 fully saturated rings. The van der Waals surface area contributed by atoms with Gasteiger partial charge in [0.1, 0.15) is 30.5 Å². The van der Waals surface area contributed by atoms with E-state index in [0.29, 0.717) is 5.69 Å². The van der Waals surface area contributed by atoms with Gasteiger partial charge in [-0.2, -0.15) is 20.3 Å². The first-order valence-corrected chi connectivity index (χ1v) is 9.97. The number of aromatic amines is 1. The summed E-state index contributed by atoms with van der Waals surface area (Å²) in [5.74, 6) is -0.377. The van der Waals surface area contributed by atoms with E-state index in [9.17, 15) is 23.2 Å². The summed E-state index contributed by atoms with van der Waals surface area (Å²) in [5, 5.41) is 16.4. The van der Waals surface area contributed by atoms with Crippen LogP contribution in [0.2, 0.25) is 0 Å². The molecule has 0 aromatic carbocycles. The molecule has 0 radical (unpaired) electrons. The van der Waals surface area contributed by atoms with E-state index in [2.05, 4.69) is 31.9 Å². The third kappa shape index (κ3) is 4.74. The van der Waals surface area contributed by atoms with Gasteiger partial charge in [-0.25, -0.2) is 13.2 Å². The molecule has 2 atom stereocenters. The fourth-order valence-electron chi connectivity index (χ4n) is 3.50. The number of amides is 1. The summed E-state index contributed by atoms with van der Waals surface area (Å²) in [6.45, 7) is 3.08. The third-order valence-electron chi connectivity index (χ3n) is 5.06. The zero-order chi connectivity index (χ0) is 23.5. The monoisotopic (exact) mass is 460 g/mol. The molecule has 33 heavy (non-hydrogen) atoms. The van der Waals surface area contributed by atoms with Gasteiger partial charge in [0.2, 0.25) is 17.7 Å². The zero-order valence-electron chi connectivity index (χ0n) is 17.2. The number of nitrogens with zero attached hydrogens (tertiary/aromatic N) is 6.